The average molecular weight is 250 g/mol. The lowest BCUT2D eigenvalue weighted by molar-refractivity contribution is 0.591. The van der Waals surface area contributed by atoms with Gasteiger partial charge in [0.2, 0.25) is 0 Å². The molecule has 0 amide bonds. The van der Waals surface area contributed by atoms with E-state index in [9.17, 15) is 8.78 Å². The van der Waals surface area contributed by atoms with Crippen molar-refractivity contribution in [3.63, 3.8) is 0 Å². The molecule has 17 heavy (non-hydrogen) atoms. The van der Waals surface area contributed by atoms with Gasteiger partial charge in [-0.05, 0) is 24.3 Å². The summed E-state index contributed by atoms with van der Waals surface area (Å²) in [6.07, 6.45) is 1.56. The van der Waals surface area contributed by atoms with Gasteiger partial charge in [-0.25, -0.2) is 8.78 Å². The Hall–Kier alpha value is -1.88. The SMILES string of the molecule is Fc1cccc(F)c1NC(=S)c1ccccn1. The zero-order chi connectivity index (χ0) is 12.3. The van der Waals surface area contributed by atoms with E-state index in [0.717, 1.165) is 12.1 Å². The molecule has 0 fully saturated rings. The van der Waals surface area contributed by atoms with Crippen molar-refractivity contribution in [2.75, 3.05) is 5.32 Å². The Kier molecular flexibility index (Phi) is 3.39. The third-order valence-electron chi connectivity index (χ3n) is 2.10. The maximum Gasteiger partial charge on any atom is 0.149 e. The van der Waals surface area contributed by atoms with E-state index >= 15 is 0 Å². The number of pyridine rings is 1. The first-order chi connectivity index (χ1) is 8.18. The van der Waals surface area contributed by atoms with Gasteiger partial charge in [0, 0.05) is 6.20 Å². The molecule has 0 bridgehead atoms. The van der Waals surface area contributed by atoms with E-state index in [1.54, 1.807) is 24.4 Å². The van der Waals surface area contributed by atoms with E-state index in [0.29, 0.717) is 5.69 Å². The Labute approximate surface area is 102 Å². The third-order valence-corrected chi connectivity index (χ3v) is 2.41. The summed E-state index contributed by atoms with van der Waals surface area (Å²) < 4.78 is 26.7. The van der Waals surface area contributed by atoms with Gasteiger partial charge >= 0.3 is 0 Å². The lowest BCUT2D eigenvalue weighted by Gasteiger charge is -2.08. The maximum atomic E-state index is 13.3. The normalized spacial score (nSPS) is 10.0. The number of thiocarbonyl (C=S) groups is 1. The molecule has 0 atom stereocenters. The van der Waals surface area contributed by atoms with Crippen molar-refractivity contribution in [3.8, 4) is 0 Å². The number of para-hydroxylation sites is 1. The highest BCUT2D eigenvalue weighted by atomic mass is 32.1. The van der Waals surface area contributed by atoms with Gasteiger partial charge in [-0.1, -0.05) is 24.4 Å². The van der Waals surface area contributed by atoms with Crippen LogP contribution in [0.4, 0.5) is 14.5 Å². The van der Waals surface area contributed by atoms with E-state index in [1.165, 1.54) is 6.07 Å². The molecule has 1 N–H and O–H groups in total. The van der Waals surface area contributed by atoms with Crippen molar-refractivity contribution in [1.82, 2.24) is 4.98 Å². The first-order valence-electron chi connectivity index (χ1n) is 4.85. The minimum atomic E-state index is -0.691. The van der Waals surface area contributed by atoms with Crippen LogP contribution in [-0.2, 0) is 0 Å². The van der Waals surface area contributed by atoms with Crippen LogP contribution < -0.4 is 5.32 Å². The molecule has 0 saturated heterocycles. The average Bonchev–Trinajstić information content (AvgIpc) is 2.35. The van der Waals surface area contributed by atoms with Crippen molar-refractivity contribution in [2.24, 2.45) is 0 Å². The zero-order valence-electron chi connectivity index (χ0n) is 8.65. The predicted octanol–water partition coefficient (Wildman–Crippen LogP) is 3.15. The first-order valence-corrected chi connectivity index (χ1v) is 5.25. The van der Waals surface area contributed by atoms with Crippen molar-refractivity contribution in [3.05, 3.63) is 59.9 Å². The second-order valence-corrected chi connectivity index (χ2v) is 3.67. The largest absolute Gasteiger partial charge is 0.340 e. The summed E-state index contributed by atoms with van der Waals surface area (Å²) in [6, 6.07) is 8.75. The first kappa shape index (κ1) is 11.6. The summed E-state index contributed by atoms with van der Waals surface area (Å²) in [4.78, 5) is 4.16. The maximum absolute atomic E-state index is 13.3. The second kappa shape index (κ2) is 4.97. The Bertz CT molecular complexity index is 523. The summed E-state index contributed by atoms with van der Waals surface area (Å²) in [5.41, 5.74) is 0.202. The molecule has 1 aromatic heterocycles. The third kappa shape index (κ3) is 2.62. The number of aromatic nitrogens is 1. The van der Waals surface area contributed by atoms with Crippen LogP contribution in [0, 0.1) is 11.6 Å². The molecule has 2 nitrogen and oxygen atoms in total. The Balaban J connectivity index is 2.25. The highest BCUT2D eigenvalue weighted by Crippen LogP contribution is 2.18. The van der Waals surface area contributed by atoms with Crippen LogP contribution in [-0.4, -0.2) is 9.97 Å². The molecule has 0 aliphatic rings. The molecule has 2 aromatic rings. The number of halogens is 2. The molecule has 0 aliphatic carbocycles. The van der Waals surface area contributed by atoms with Crippen molar-refractivity contribution < 1.29 is 8.78 Å². The molecule has 0 unspecified atom stereocenters. The number of hydrogen-bond donors (Lipinski definition) is 1. The summed E-state index contributed by atoms with van der Waals surface area (Å²) in [5, 5.41) is 2.51. The Morgan fingerprint density at radius 1 is 1.06 bits per heavy atom. The fourth-order valence-corrected chi connectivity index (χ4v) is 1.51. The van der Waals surface area contributed by atoms with Crippen LogP contribution in [0.3, 0.4) is 0 Å². The van der Waals surface area contributed by atoms with Crippen molar-refractivity contribution in [1.29, 1.82) is 0 Å². The topological polar surface area (TPSA) is 24.9 Å². The van der Waals surface area contributed by atoms with Crippen LogP contribution >= 0.6 is 12.2 Å². The van der Waals surface area contributed by atoms with Crippen LogP contribution in [0.1, 0.15) is 5.69 Å². The van der Waals surface area contributed by atoms with E-state index < -0.39 is 11.6 Å². The molecule has 1 heterocycles. The van der Waals surface area contributed by atoms with E-state index in [4.69, 9.17) is 12.2 Å². The van der Waals surface area contributed by atoms with E-state index in [2.05, 4.69) is 10.3 Å². The molecule has 0 spiro atoms. The smallest absolute Gasteiger partial charge is 0.149 e. The molecule has 5 heteroatoms. The molecule has 2 rings (SSSR count). The minimum absolute atomic E-state index is 0.176. The van der Waals surface area contributed by atoms with Crippen LogP contribution in [0.25, 0.3) is 0 Å². The fourth-order valence-electron chi connectivity index (χ4n) is 1.29. The monoisotopic (exact) mass is 250 g/mol. The van der Waals surface area contributed by atoms with Gasteiger partial charge in [0.15, 0.2) is 0 Å². The lowest BCUT2D eigenvalue weighted by atomic mass is 10.2. The molecule has 0 radical (unpaired) electrons. The van der Waals surface area contributed by atoms with Gasteiger partial charge in [0.05, 0.1) is 5.69 Å². The van der Waals surface area contributed by atoms with Gasteiger partial charge in [0.25, 0.3) is 0 Å². The molecular formula is C12H8F2N2S. The molecule has 0 saturated carbocycles. The number of rotatable bonds is 2. The number of hydrogen-bond acceptors (Lipinski definition) is 2. The van der Waals surface area contributed by atoms with Crippen LogP contribution in [0.5, 0.6) is 0 Å². The Morgan fingerprint density at radius 2 is 1.76 bits per heavy atom. The highest BCUT2D eigenvalue weighted by molar-refractivity contribution is 7.81. The second-order valence-electron chi connectivity index (χ2n) is 3.27. The highest BCUT2D eigenvalue weighted by Gasteiger charge is 2.10. The van der Waals surface area contributed by atoms with E-state index in [1.807, 2.05) is 0 Å². The molecule has 86 valence electrons. The van der Waals surface area contributed by atoms with Gasteiger partial charge in [-0.3, -0.25) is 4.98 Å². The van der Waals surface area contributed by atoms with E-state index in [-0.39, 0.29) is 10.7 Å². The fraction of sp³-hybridized carbons (Fsp3) is 0. The van der Waals surface area contributed by atoms with Gasteiger partial charge in [-0.2, -0.15) is 0 Å². The Morgan fingerprint density at radius 3 is 2.35 bits per heavy atom. The van der Waals surface area contributed by atoms with Crippen molar-refractivity contribution >= 4 is 22.9 Å². The summed E-state index contributed by atoms with van der Waals surface area (Å²) in [6.45, 7) is 0. The zero-order valence-corrected chi connectivity index (χ0v) is 9.47. The standard InChI is InChI=1S/C12H8F2N2S/c13-8-4-3-5-9(14)11(8)16-12(17)10-6-1-2-7-15-10/h1-7H,(H,16,17). The number of benzene rings is 1. The number of nitrogens with zero attached hydrogens (tertiary/aromatic N) is 1. The lowest BCUT2D eigenvalue weighted by Crippen LogP contribution is -2.14. The van der Waals surface area contributed by atoms with Gasteiger partial charge in [-0.15, -0.1) is 0 Å². The summed E-state index contributed by atoms with van der Waals surface area (Å²) >= 11 is 5.01. The quantitative estimate of drug-likeness (QED) is 0.829. The van der Waals surface area contributed by atoms with Crippen LogP contribution in [0.15, 0.2) is 42.6 Å². The predicted molar refractivity (Wildman–Crippen MR) is 65.9 cm³/mol. The molecule has 0 aliphatic heterocycles. The van der Waals surface area contributed by atoms with Crippen molar-refractivity contribution in [2.45, 2.75) is 0 Å². The van der Waals surface area contributed by atoms with Gasteiger partial charge in [0.1, 0.15) is 22.3 Å². The number of anilines is 1. The minimum Gasteiger partial charge on any atom is -0.340 e. The molecule has 1 aromatic carbocycles. The summed E-state index contributed by atoms with van der Waals surface area (Å²) in [5.74, 6) is -1.38. The molecular weight excluding hydrogens is 242 g/mol. The summed E-state index contributed by atoms with van der Waals surface area (Å²) in [7, 11) is 0. The van der Waals surface area contributed by atoms with Gasteiger partial charge < -0.3 is 5.32 Å². The number of nitrogens with one attached hydrogen (secondary N) is 1. The van der Waals surface area contributed by atoms with Crippen LogP contribution in [0.2, 0.25) is 0 Å².